The minimum Gasteiger partial charge on any atom is -0.357 e. The molecule has 0 aromatic carbocycles. The molecule has 1 aliphatic carbocycles. The van der Waals surface area contributed by atoms with Crippen LogP contribution < -0.4 is 15.1 Å². The van der Waals surface area contributed by atoms with Gasteiger partial charge in [-0.2, -0.15) is 15.0 Å². The van der Waals surface area contributed by atoms with Crippen molar-refractivity contribution in [2.24, 2.45) is 0 Å². The van der Waals surface area contributed by atoms with Gasteiger partial charge in [0.15, 0.2) is 0 Å². The van der Waals surface area contributed by atoms with Crippen LogP contribution in [0.5, 0.6) is 0 Å². The van der Waals surface area contributed by atoms with Crippen molar-refractivity contribution in [1.82, 2.24) is 15.0 Å². The van der Waals surface area contributed by atoms with E-state index >= 15 is 0 Å². The highest BCUT2D eigenvalue weighted by molar-refractivity contribution is 5.46. The number of aromatic nitrogens is 3. The van der Waals surface area contributed by atoms with Crippen LogP contribution in [0.2, 0.25) is 0 Å². The predicted octanol–water partition coefficient (Wildman–Crippen LogP) is 1.89. The van der Waals surface area contributed by atoms with Gasteiger partial charge in [0.05, 0.1) is 0 Å². The van der Waals surface area contributed by atoms with Gasteiger partial charge in [0, 0.05) is 32.7 Å². The maximum absolute atomic E-state index is 4.73. The van der Waals surface area contributed by atoms with Crippen molar-refractivity contribution >= 4 is 17.8 Å². The molecule has 2 fully saturated rings. The lowest BCUT2D eigenvalue weighted by atomic mass is 10.4. The Morgan fingerprint density at radius 2 is 1.95 bits per heavy atom. The van der Waals surface area contributed by atoms with Gasteiger partial charge in [-0.05, 0) is 32.1 Å². The summed E-state index contributed by atoms with van der Waals surface area (Å²) in [5.74, 6) is 2.35. The van der Waals surface area contributed by atoms with Gasteiger partial charge in [-0.1, -0.05) is 6.92 Å². The average molecular weight is 276 g/mol. The highest BCUT2D eigenvalue weighted by Crippen LogP contribution is 2.31. The molecule has 2 aliphatic rings. The Morgan fingerprint density at radius 3 is 2.55 bits per heavy atom. The molecule has 0 bridgehead atoms. The molecule has 0 spiro atoms. The fourth-order valence-electron chi connectivity index (χ4n) is 2.73. The van der Waals surface area contributed by atoms with Gasteiger partial charge in [-0.25, -0.2) is 0 Å². The van der Waals surface area contributed by atoms with E-state index in [-0.39, 0.29) is 0 Å². The number of anilines is 3. The molecule has 0 atom stereocenters. The molecule has 1 aromatic rings. The first-order chi connectivity index (χ1) is 9.81. The Bertz CT molecular complexity index is 453. The molecule has 0 unspecified atom stereocenters. The molecule has 3 rings (SSSR count). The summed E-state index contributed by atoms with van der Waals surface area (Å²) in [6.07, 6.45) is 6.11. The first-order valence-corrected chi connectivity index (χ1v) is 7.77. The van der Waals surface area contributed by atoms with Gasteiger partial charge in [0.25, 0.3) is 0 Å². The zero-order valence-corrected chi connectivity index (χ0v) is 12.5. The SMILES string of the molecule is CCCN(c1nc(NC)nc(N2CCCC2)n1)C1CC1. The molecule has 1 saturated heterocycles. The van der Waals surface area contributed by atoms with Crippen molar-refractivity contribution in [3.05, 3.63) is 0 Å². The Labute approximate surface area is 120 Å². The summed E-state index contributed by atoms with van der Waals surface area (Å²) in [6.45, 7) is 5.35. The molecule has 110 valence electrons. The van der Waals surface area contributed by atoms with Crippen molar-refractivity contribution in [3.63, 3.8) is 0 Å². The molecule has 6 nitrogen and oxygen atoms in total. The largest absolute Gasteiger partial charge is 0.357 e. The van der Waals surface area contributed by atoms with Crippen LogP contribution in [-0.2, 0) is 0 Å². The van der Waals surface area contributed by atoms with Crippen molar-refractivity contribution in [2.45, 2.75) is 45.1 Å². The lowest BCUT2D eigenvalue weighted by Gasteiger charge is -2.24. The molecule has 1 saturated carbocycles. The summed E-state index contributed by atoms with van der Waals surface area (Å²) < 4.78 is 0. The van der Waals surface area contributed by atoms with E-state index in [9.17, 15) is 0 Å². The maximum atomic E-state index is 4.73. The Hall–Kier alpha value is -1.59. The molecular formula is C14H24N6. The van der Waals surface area contributed by atoms with E-state index in [0.29, 0.717) is 12.0 Å². The maximum Gasteiger partial charge on any atom is 0.232 e. The van der Waals surface area contributed by atoms with Crippen LogP contribution in [0.3, 0.4) is 0 Å². The third-order valence-corrected chi connectivity index (χ3v) is 3.93. The molecule has 1 N–H and O–H groups in total. The number of rotatable bonds is 6. The Kier molecular flexibility index (Phi) is 3.89. The summed E-state index contributed by atoms with van der Waals surface area (Å²) in [4.78, 5) is 18.4. The van der Waals surface area contributed by atoms with E-state index in [0.717, 1.165) is 38.0 Å². The van der Waals surface area contributed by atoms with Crippen LogP contribution in [0.15, 0.2) is 0 Å². The van der Waals surface area contributed by atoms with Gasteiger partial charge in [-0.3, -0.25) is 0 Å². The predicted molar refractivity (Wildman–Crippen MR) is 81.5 cm³/mol. The number of nitrogens with zero attached hydrogens (tertiary/aromatic N) is 5. The van der Waals surface area contributed by atoms with Gasteiger partial charge < -0.3 is 15.1 Å². The Balaban J connectivity index is 1.89. The van der Waals surface area contributed by atoms with Crippen LogP contribution >= 0.6 is 0 Å². The summed E-state index contributed by atoms with van der Waals surface area (Å²) in [7, 11) is 1.87. The molecular weight excluding hydrogens is 252 g/mol. The summed E-state index contributed by atoms with van der Waals surface area (Å²) >= 11 is 0. The second-order valence-corrected chi connectivity index (χ2v) is 5.63. The molecule has 2 heterocycles. The smallest absolute Gasteiger partial charge is 0.232 e. The number of hydrogen-bond acceptors (Lipinski definition) is 6. The van der Waals surface area contributed by atoms with E-state index in [1.807, 2.05) is 7.05 Å². The zero-order valence-electron chi connectivity index (χ0n) is 12.5. The van der Waals surface area contributed by atoms with Gasteiger partial charge >= 0.3 is 0 Å². The first-order valence-electron chi connectivity index (χ1n) is 7.77. The zero-order chi connectivity index (χ0) is 13.9. The normalized spacial score (nSPS) is 18.4. The molecule has 1 aliphatic heterocycles. The van der Waals surface area contributed by atoms with Gasteiger partial charge in [-0.15, -0.1) is 0 Å². The summed E-state index contributed by atoms with van der Waals surface area (Å²) in [6, 6.07) is 0.633. The minimum atomic E-state index is 0.633. The van der Waals surface area contributed by atoms with Crippen LogP contribution in [0.1, 0.15) is 39.0 Å². The minimum absolute atomic E-state index is 0.633. The lowest BCUT2D eigenvalue weighted by molar-refractivity contribution is 0.727. The fraction of sp³-hybridized carbons (Fsp3) is 0.786. The molecule has 20 heavy (non-hydrogen) atoms. The van der Waals surface area contributed by atoms with Crippen LogP contribution in [0.4, 0.5) is 17.8 Å². The number of hydrogen-bond donors (Lipinski definition) is 1. The van der Waals surface area contributed by atoms with Crippen molar-refractivity contribution in [1.29, 1.82) is 0 Å². The van der Waals surface area contributed by atoms with Crippen molar-refractivity contribution < 1.29 is 0 Å². The standard InChI is InChI=1S/C14H24N6/c1-3-8-20(11-6-7-11)14-17-12(15-2)16-13(18-14)19-9-4-5-10-19/h11H,3-10H2,1-2H3,(H,15,16,17,18). The third kappa shape index (κ3) is 2.78. The van der Waals surface area contributed by atoms with Crippen molar-refractivity contribution in [3.8, 4) is 0 Å². The topological polar surface area (TPSA) is 57.2 Å². The van der Waals surface area contributed by atoms with Gasteiger partial charge in [0.1, 0.15) is 0 Å². The summed E-state index contributed by atoms with van der Waals surface area (Å²) in [5.41, 5.74) is 0. The summed E-state index contributed by atoms with van der Waals surface area (Å²) in [5, 5.41) is 3.07. The van der Waals surface area contributed by atoms with Crippen LogP contribution in [0, 0.1) is 0 Å². The second-order valence-electron chi connectivity index (χ2n) is 5.63. The third-order valence-electron chi connectivity index (χ3n) is 3.93. The highest BCUT2D eigenvalue weighted by Gasteiger charge is 2.31. The van der Waals surface area contributed by atoms with E-state index in [4.69, 9.17) is 4.98 Å². The average Bonchev–Trinajstić information content (AvgIpc) is 3.17. The first kappa shape index (κ1) is 13.4. The molecule has 0 radical (unpaired) electrons. The van der Waals surface area contributed by atoms with E-state index in [1.54, 1.807) is 0 Å². The lowest BCUT2D eigenvalue weighted by Crippen LogP contribution is -2.30. The Morgan fingerprint density at radius 1 is 1.20 bits per heavy atom. The van der Waals surface area contributed by atoms with Gasteiger partial charge in [0.2, 0.25) is 17.8 Å². The quantitative estimate of drug-likeness (QED) is 0.856. The monoisotopic (exact) mass is 276 g/mol. The molecule has 1 aromatic heterocycles. The second kappa shape index (κ2) is 5.81. The highest BCUT2D eigenvalue weighted by atomic mass is 15.4. The molecule has 6 heteroatoms. The number of nitrogens with one attached hydrogen (secondary N) is 1. The van der Waals surface area contributed by atoms with Crippen LogP contribution in [0.25, 0.3) is 0 Å². The fourth-order valence-corrected chi connectivity index (χ4v) is 2.73. The van der Waals surface area contributed by atoms with Crippen LogP contribution in [-0.4, -0.2) is 47.7 Å². The molecule has 0 amide bonds. The van der Waals surface area contributed by atoms with E-state index < -0.39 is 0 Å². The van der Waals surface area contributed by atoms with E-state index in [1.165, 1.54) is 25.7 Å². The van der Waals surface area contributed by atoms with Crippen molar-refractivity contribution in [2.75, 3.05) is 41.8 Å². The van der Waals surface area contributed by atoms with E-state index in [2.05, 4.69) is 32.0 Å².